The molecule has 0 unspecified atom stereocenters. The average Bonchev–Trinajstić information content (AvgIpc) is 3.14. The van der Waals surface area contributed by atoms with Crippen LogP contribution in [-0.2, 0) is 4.79 Å². The number of para-hydroxylation sites is 1. The molecule has 0 aliphatic carbocycles. The van der Waals surface area contributed by atoms with Gasteiger partial charge in [-0.15, -0.1) is 0 Å². The van der Waals surface area contributed by atoms with Crippen LogP contribution in [0.5, 0.6) is 5.75 Å². The summed E-state index contributed by atoms with van der Waals surface area (Å²) in [4.78, 5) is 28.3. The van der Waals surface area contributed by atoms with Crippen molar-refractivity contribution in [2.24, 2.45) is 0 Å². The number of hydrogen-bond donors (Lipinski definition) is 2. The van der Waals surface area contributed by atoms with Gasteiger partial charge in [-0.3, -0.25) is 9.59 Å². The van der Waals surface area contributed by atoms with E-state index in [9.17, 15) is 9.59 Å². The summed E-state index contributed by atoms with van der Waals surface area (Å²) in [7, 11) is 1.48. The van der Waals surface area contributed by atoms with Gasteiger partial charge in [0, 0.05) is 19.2 Å². The highest BCUT2D eigenvalue weighted by molar-refractivity contribution is 5.95. The maximum Gasteiger partial charge on any atom is 0.275 e. The number of benzene rings is 1. The molecular weight excluding hydrogens is 346 g/mol. The Hall–Kier alpha value is -3.68. The monoisotopic (exact) mass is 365 g/mol. The maximum absolute atomic E-state index is 12.4. The minimum atomic E-state index is -0.410. The van der Waals surface area contributed by atoms with Crippen LogP contribution in [0.1, 0.15) is 16.9 Å². The predicted octanol–water partition coefficient (Wildman–Crippen LogP) is 2.03. The molecule has 2 N–H and O–H groups in total. The molecule has 3 rings (SSSR count). The number of pyridine rings is 1. The van der Waals surface area contributed by atoms with Crippen molar-refractivity contribution in [3.8, 4) is 11.4 Å². The number of ether oxygens (including phenoxy) is 1. The first-order valence-corrected chi connectivity index (χ1v) is 8.35. The van der Waals surface area contributed by atoms with E-state index in [4.69, 9.17) is 4.74 Å². The zero-order chi connectivity index (χ0) is 19.1. The summed E-state index contributed by atoms with van der Waals surface area (Å²) in [6, 6.07) is 14.6. The second kappa shape index (κ2) is 8.61. The molecule has 3 aromatic rings. The maximum atomic E-state index is 12.4. The molecule has 8 nitrogen and oxygen atoms in total. The topological polar surface area (TPSA) is 98.1 Å². The number of carbonyl (C=O) groups excluding carboxylic acids is 2. The van der Waals surface area contributed by atoms with Gasteiger partial charge in [0.1, 0.15) is 5.82 Å². The number of aromatic nitrogens is 3. The van der Waals surface area contributed by atoms with E-state index in [0.717, 1.165) is 5.69 Å². The smallest absolute Gasteiger partial charge is 0.275 e. The third-order valence-electron chi connectivity index (χ3n) is 3.71. The molecule has 2 heterocycles. The predicted molar refractivity (Wildman–Crippen MR) is 99.9 cm³/mol. The first-order chi connectivity index (χ1) is 13.2. The Morgan fingerprint density at radius 3 is 2.59 bits per heavy atom. The Morgan fingerprint density at radius 1 is 1.11 bits per heavy atom. The van der Waals surface area contributed by atoms with Gasteiger partial charge in [0.25, 0.3) is 5.91 Å². The Labute approximate surface area is 156 Å². The number of carbonyl (C=O) groups is 2. The molecule has 0 saturated carbocycles. The van der Waals surface area contributed by atoms with E-state index in [0.29, 0.717) is 11.6 Å². The number of hydrogen-bond acceptors (Lipinski definition) is 5. The van der Waals surface area contributed by atoms with Gasteiger partial charge in [-0.2, -0.15) is 5.10 Å². The number of nitrogens with zero attached hydrogens (tertiary/aromatic N) is 3. The van der Waals surface area contributed by atoms with Crippen molar-refractivity contribution in [1.82, 2.24) is 20.1 Å². The number of nitrogens with one attached hydrogen (secondary N) is 2. The Balaban J connectivity index is 1.58. The lowest BCUT2D eigenvalue weighted by Gasteiger charge is -2.06. The van der Waals surface area contributed by atoms with Crippen molar-refractivity contribution in [2.45, 2.75) is 6.42 Å². The molecule has 0 radical (unpaired) electrons. The summed E-state index contributed by atoms with van der Waals surface area (Å²) in [5.41, 5.74) is 0.969. The fraction of sp³-hybridized carbons (Fsp3) is 0.158. The summed E-state index contributed by atoms with van der Waals surface area (Å²) < 4.78 is 6.81. The van der Waals surface area contributed by atoms with Crippen LogP contribution < -0.4 is 15.4 Å². The molecule has 8 heteroatoms. The van der Waals surface area contributed by atoms with Gasteiger partial charge >= 0.3 is 0 Å². The van der Waals surface area contributed by atoms with E-state index >= 15 is 0 Å². The molecule has 0 aliphatic heterocycles. The standard InChI is InChI=1S/C19H19N5O3/c1-27-15-13-24(14-7-3-2-4-8-14)23-18(15)19(26)21-12-10-17(25)22-16-9-5-6-11-20-16/h2-9,11,13H,10,12H2,1H3,(H,21,26)(H,20,22,25). The molecule has 0 fully saturated rings. The summed E-state index contributed by atoms with van der Waals surface area (Å²) in [5, 5.41) is 9.62. The van der Waals surface area contributed by atoms with Gasteiger partial charge in [-0.25, -0.2) is 9.67 Å². The lowest BCUT2D eigenvalue weighted by atomic mass is 10.3. The van der Waals surface area contributed by atoms with Gasteiger partial charge in [0.15, 0.2) is 11.4 Å². The van der Waals surface area contributed by atoms with Crippen LogP contribution in [0, 0.1) is 0 Å². The number of methoxy groups -OCH3 is 1. The zero-order valence-electron chi connectivity index (χ0n) is 14.8. The lowest BCUT2D eigenvalue weighted by Crippen LogP contribution is -2.28. The fourth-order valence-electron chi connectivity index (χ4n) is 2.39. The van der Waals surface area contributed by atoms with Crippen LogP contribution in [0.25, 0.3) is 5.69 Å². The average molecular weight is 365 g/mol. The molecule has 0 bridgehead atoms. The molecule has 0 saturated heterocycles. The highest BCUT2D eigenvalue weighted by Gasteiger charge is 2.18. The van der Waals surface area contributed by atoms with E-state index in [-0.39, 0.29) is 24.6 Å². The third kappa shape index (κ3) is 4.69. The van der Waals surface area contributed by atoms with Crippen molar-refractivity contribution in [3.63, 3.8) is 0 Å². The van der Waals surface area contributed by atoms with Crippen LogP contribution in [-0.4, -0.2) is 40.2 Å². The molecule has 0 spiro atoms. The first kappa shape index (κ1) is 18.1. The van der Waals surface area contributed by atoms with Crippen LogP contribution in [0.15, 0.2) is 60.9 Å². The van der Waals surface area contributed by atoms with Gasteiger partial charge in [0.2, 0.25) is 5.91 Å². The Kier molecular flexibility index (Phi) is 5.78. The molecular formula is C19H19N5O3. The highest BCUT2D eigenvalue weighted by Crippen LogP contribution is 2.19. The van der Waals surface area contributed by atoms with E-state index in [1.54, 1.807) is 35.3 Å². The van der Waals surface area contributed by atoms with Crippen LogP contribution in [0.4, 0.5) is 5.82 Å². The molecule has 2 aromatic heterocycles. The molecule has 0 atom stereocenters. The van der Waals surface area contributed by atoms with E-state index in [2.05, 4.69) is 20.7 Å². The van der Waals surface area contributed by atoms with Crippen molar-refractivity contribution in [3.05, 3.63) is 66.6 Å². The molecule has 0 aliphatic rings. The first-order valence-electron chi connectivity index (χ1n) is 8.35. The summed E-state index contributed by atoms with van der Waals surface area (Å²) in [6.07, 6.45) is 3.34. The zero-order valence-corrected chi connectivity index (χ0v) is 14.8. The minimum absolute atomic E-state index is 0.115. The van der Waals surface area contributed by atoms with Crippen molar-refractivity contribution >= 4 is 17.6 Å². The third-order valence-corrected chi connectivity index (χ3v) is 3.71. The summed E-state index contributed by atoms with van der Waals surface area (Å²) in [5.74, 6) is 0.175. The van der Waals surface area contributed by atoms with Crippen LogP contribution in [0.2, 0.25) is 0 Å². The van der Waals surface area contributed by atoms with Gasteiger partial charge in [-0.05, 0) is 24.3 Å². The second-order valence-electron chi connectivity index (χ2n) is 5.60. The van der Waals surface area contributed by atoms with Crippen molar-refractivity contribution in [1.29, 1.82) is 0 Å². The van der Waals surface area contributed by atoms with Crippen LogP contribution >= 0.6 is 0 Å². The Morgan fingerprint density at radius 2 is 1.89 bits per heavy atom. The molecule has 27 heavy (non-hydrogen) atoms. The largest absolute Gasteiger partial charge is 0.493 e. The normalized spacial score (nSPS) is 10.3. The molecule has 1 aromatic carbocycles. The van der Waals surface area contributed by atoms with Gasteiger partial charge in [0.05, 0.1) is 19.0 Å². The van der Waals surface area contributed by atoms with E-state index in [1.165, 1.54) is 7.11 Å². The summed E-state index contributed by atoms with van der Waals surface area (Å²) in [6.45, 7) is 0.166. The van der Waals surface area contributed by atoms with Crippen molar-refractivity contribution < 1.29 is 14.3 Å². The molecule has 138 valence electrons. The Bertz CT molecular complexity index is 910. The molecule has 2 amide bonds. The van der Waals surface area contributed by atoms with Gasteiger partial charge < -0.3 is 15.4 Å². The fourth-order valence-corrected chi connectivity index (χ4v) is 2.39. The van der Waals surface area contributed by atoms with Crippen LogP contribution in [0.3, 0.4) is 0 Å². The minimum Gasteiger partial charge on any atom is -0.493 e. The lowest BCUT2D eigenvalue weighted by molar-refractivity contribution is -0.116. The van der Waals surface area contributed by atoms with E-state index < -0.39 is 5.91 Å². The SMILES string of the molecule is COc1cn(-c2ccccc2)nc1C(=O)NCCC(=O)Nc1ccccn1. The van der Waals surface area contributed by atoms with E-state index in [1.807, 2.05) is 30.3 Å². The second-order valence-corrected chi connectivity index (χ2v) is 5.60. The quantitative estimate of drug-likeness (QED) is 0.668. The number of anilines is 1. The highest BCUT2D eigenvalue weighted by atomic mass is 16.5. The number of amides is 2. The van der Waals surface area contributed by atoms with Crippen molar-refractivity contribution in [2.75, 3.05) is 19.0 Å². The number of rotatable bonds is 7. The van der Waals surface area contributed by atoms with Gasteiger partial charge in [-0.1, -0.05) is 24.3 Å². The summed E-state index contributed by atoms with van der Waals surface area (Å²) >= 11 is 0.